The topological polar surface area (TPSA) is 89.3 Å². The van der Waals surface area contributed by atoms with E-state index in [0.717, 1.165) is 12.8 Å². The number of hydrogen-bond acceptors (Lipinski definition) is 3. The molecule has 0 unspecified atom stereocenters. The summed E-state index contributed by atoms with van der Waals surface area (Å²) in [6.07, 6.45) is 1.88. The Morgan fingerprint density at radius 3 is 2.50 bits per heavy atom. The summed E-state index contributed by atoms with van der Waals surface area (Å²) in [6, 6.07) is 4.21. The Hall–Kier alpha value is -0.920. The van der Waals surface area contributed by atoms with Gasteiger partial charge in [0.2, 0.25) is 10.0 Å². The molecular formula is C11H13BrN2O3S. The Bertz CT molecular complexity index is 609. The largest absolute Gasteiger partial charge is 0.347 e. The molecule has 0 radical (unpaired) electrons. The van der Waals surface area contributed by atoms with E-state index in [2.05, 4.69) is 21.2 Å². The van der Waals surface area contributed by atoms with E-state index in [9.17, 15) is 13.2 Å². The highest BCUT2D eigenvalue weighted by atomic mass is 79.9. The zero-order chi connectivity index (χ0) is 13.6. The quantitative estimate of drug-likeness (QED) is 0.876. The number of carbonyl (C=O) groups excluding carboxylic acids is 1. The SMILES string of the molecule is CC1(NC(=O)c2cc(Br)cc(S(N)(=O)=O)c2)CC1. The highest BCUT2D eigenvalue weighted by Gasteiger charge is 2.38. The molecule has 1 saturated carbocycles. The molecule has 18 heavy (non-hydrogen) atoms. The predicted molar refractivity (Wildman–Crippen MR) is 70.6 cm³/mol. The molecule has 0 saturated heterocycles. The maximum atomic E-state index is 12.0. The van der Waals surface area contributed by atoms with Crippen molar-refractivity contribution >= 4 is 31.9 Å². The Balaban J connectivity index is 2.33. The van der Waals surface area contributed by atoms with Crippen LogP contribution in [-0.4, -0.2) is 19.9 Å². The number of sulfonamides is 1. The van der Waals surface area contributed by atoms with Crippen molar-refractivity contribution in [3.8, 4) is 0 Å². The van der Waals surface area contributed by atoms with Crippen LogP contribution in [0.5, 0.6) is 0 Å². The number of rotatable bonds is 3. The molecule has 3 N–H and O–H groups in total. The van der Waals surface area contributed by atoms with Gasteiger partial charge in [0, 0.05) is 15.6 Å². The monoisotopic (exact) mass is 332 g/mol. The number of nitrogens with two attached hydrogens (primary N) is 1. The average molecular weight is 333 g/mol. The van der Waals surface area contributed by atoms with Crippen LogP contribution >= 0.6 is 15.9 Å². The van der Waals surface area contributed by atoms with Crippen molar-refractivity contribution in [2.24, 2.45) is 5.14 Å². The van der Waals surface area contributed by atoms with Gasteiger partial charge in [-0.25, -0.2) is 13.6 Å². The van der Waals surface area contributed by atoms with Crippen molar-refractivity contribution in [2.75, 3.05) is 0 Å². The predicted octanol–water partition coefficient (Wildman–Crippen LogP) is 1.38. The Morgan fingerprint density at radius 2 is 2.00 bits per heavy atom. The fraction of sp³-hybridized carbons (Fsp3) is 0.364. The number of halogens is 1. The van der Waals surface area contributed by atoms with Gasteiger partial charge in [-0.05, 0) is 38.0 Å². The van der Waals surface area contributed by atoms with E-state index < -0.39 is 10.0 Å². The molecule has 0 aromatic heterocycles. The summed E-state index contributed by atoms with van der Waals surface area (Å²) in [6.45, 7) is 1.95. The molecule has 7 heteroatoms. The second-order valence-electron chi connectivity index (χ2n) is 4.74. The van der Waals surface area contributed by atoms with Crippen LogP contribution in [0.3, 0.4) is 0 Å². The lowest BCUT2D eigenvalue weighted by Gasteiger charge is -2.12. The lowest BCUT2D eigenvalue weighted by molar-refractivity contribution is 0.0935. The first-order valence-electron chi connectivity index (χ1n) is 5.36. The van der Waals surface area contributed by atoms with Crippen LogP contribution in [0.15, 0.2) is 27.6 Å². The van der Waals surface area contributed by atoms with Gasteiger partial charge in [0.15, 0.2) is 0 Å². The number of hydrogen-bond donors (Lipinski definition) is 2. The lowest BCUT2D eigenvalue weighted by atomic mass is 10.2. The molecule has 1 aliphatic carbocycles. The molecule has 98 valence electrons. The number of carbonyl (C=O) groups is 1. The summed E-state index contributed by atoms with van der Waals surface area (Å²) >= 11 is 3.17. The maximum Gasteiger partial charge on any atom is 0.251 e. The maximum absolute atomic E-state index is 12.0. The summed E-state index contributed by atoms with van der Waals surface area (Å²) in [5.41, 5.74) is 0.128. The fourth-order valence-electron chi connectivity index (χ4n) is 1.52. The van der Waals surface area contributed by atoms with E-state index in [4.69, 9.17) is 5.14 Å². The molecule has 5 nitrogen and oxygen atoms in total. The summed E-state index contributed by atoms with van der Waals surface area (Å²) < 4.78 is 23.1. The zero-order valence-electron chi connectivity index (χ0n) is 9.73. The van der Waals surface area contributed by atoms with Crippen molar-refractivity contribution in [3.05, 3.63) is 28.2 Å². The summed E-state index contributed by atoms with van der Waals surface area (Å²) in [5, 5.41) is 7.91. The van der Waals surface area contributed by atoms with Crippen LogP contribution in [0, 0.1) is 0 Å². The Labute approximate surface area is 114 Å². The van der Waals surface area contributed by atoms with Crippen molar-refractivity contribution in [1.29, 1.82) is 0 Å². The molecule has 0 spiro atoms. The van der Waals surface area contributed by atoms with Crippen LogP contribution in [0.25, 0.3) is 0 Å². The Kier molecular flexibility index (Phi) is 3.25. The van der Waals surface area contributed by atoms with E-state index in [-0.39, 0.29) is 21.9 Å². The van der Waals surface area contributed by atoms with Crippen LogP contribution in [0.4, 0.5) is 0 Å². The van der Waals surface area contributed by atoms with Crippen molar-refractivity contribution in [1.82, 2.24) is 5.32 Å². The van der Waals surface area contributed by atoms with E-state index in [1.54, 1.807) is 6.07 Å². The zero-order valence-corrected chi connectivity index (χ0v) is 12.1. The van der Waals surface area contributed by atoms with Crippen molar-refractivity contribution < 1.29 is 13.2 Å². The third kappa shape index (κ3) is 3.09. The van der Waals surface area contributed by atoms with Crippen molar-refractivity contribution in [3.63, 3.8) is 0 Å². The molecule has 1 amide bonds. The molecule has 1 fully saturated rings. The van der Waals surface area contributed by atoms with E-state index >= 15 is 0 Å². The normalized spacial score (nSPS) is 17.3. The number of primary sulfonamides is 1. The minimum absolute atomic E-state index is 0.0806. The first kappa shape index (κ1) is 13.5. The summed E-state index contributed by atoms with van der Waals surface area (Å²) in [5.74, 6) is -0.291. The smallest absolute Gasteiger partial charge is 0.251 e. The highest BCUT2D eigenvalue weighted by Crippen LogP contribution is 2.34. The summed E-state index contributed by atoms with van der Waals surface area (Å²) in [7, 11) is -3.82. The van der Waals surface area contributed by atoms with E-state index in [1.807, 2.05) is 6.92 Å². The molecule has 0 atom stereocenters. The second kappa shape index (κ2) is 4.32. The van der Waals surface area contributed by atoms with Gasteiger partial charge in [0.1, 0.15) is 0 Å². The second-order valence-corrected chi connectivity index (χ2v) is 7.21. The van der Waals surface area contributed by atoms with Gasteiger partial charge in [-0.2, -0.15) is 0 Å². The first-order valence-corrected chi connectivity index (χ1v) is 7.69. The van der Waals surface area contributed by atoms with Gasteiger partial charge in [0.05, 0.1) is 4.90 Å². The number of amides is 1. The highest BCUT2D eigenvalue weighted by molar-refractivity contribution is 9.10. The first-order chi connectivity index (χ1) is 8.20. The molecule has 0 aliphatic heterocycles. The number of benzene rings is 1. The molecule has 1 aliphatic rings. The van der Waals surface area contributed by atoms with E-state index in [0.29, 0.717) is 4.47 Å². The van der Waals surface area contributed by atoms with Crippen LogP contribution in [0.2, 0.25) is 0 Å². The number of nitrogens with one attached hydrogen (secondary N) is 1. The minimum atomic E-state index is -3.82. The van der Waals surface area contributed by atoms with Crippen LogP contribution in [0.1, 0.15) is 30.1 Å². The van der Waals surface area contributed by atoms with Gasteiger partial charge in [-0.3, -0.25) is 4.79 Å². The molecule has 0 heterocycles. The fourth-order valence-corrected chi connectivity index (χ4v) is 2.74. The van der Waals surface area contributed by atoms with E-state index in [1.165, 1.54) is 12.1 Å². The average Bonchev–Trinajstić information content (AvgIpc) is 2.93. The molecular weight excluding hydrogens is 320 g/mol. The lowest BCUT2D eigenvalue weighted by Crippen LogP contribution is -2.34. The minimum Gasteiger partial charge on any atom is -0.347 e. The van der Waals surface area contributed by atoms with Crippen molar-refractivity contribution in [2.45, 2.75) is 30.2 Å². The van der Waals surface area contributed by atoms with Gasteiger partial charge in [-0.15, -0.1) is 0 Å². The van der Waals surface area contributed by atoms with Gasteiger partial charge in [0.25, 0.3) is 5.91 Å². The third-order valence-corrected chi connectivity index (χ3v) is 4.23. The van der Waals surface area contributed by atoms with Crippen LogP contribution in [-0.2, 0) is 10.0 Å². The van der Waals surface area contributed by atoms with Gasteiger partial charge < -0.3 is 5.32 Å². The van der Waals surface area contributed by atoms with Crippen LogP contribution < -0.4 is 10.5 Å². The summed E-state index contributed by atoms with van der Waals surface area (Å²) in [4.78, 5) is 11.9. The third-order valence-electron chi connectivity index (χ3n) is 2.88. The Morgan fingerprint density at radius 1 is 1.39 bits per heavy atom. The molecule has 1 aromatic carbocycles. The molecule has 0 bridgehead atoms. The standard InChI is InChI=1S/C11H13BrN2O3S/c1-11(2-3-11)14-10(15)7-4-8(12)6-9(5-7)18(13,16)17/h4-6H,2-3H2,1H3,(H,14,15)(H2,13,16,17). The van der Waals surface area contributed by atoms with Gasteiger partial charge >= 0.3 is 0 Å². The molecule has 2 rings (SSSR count). The molecule has 1 aromatic rings. The van der Waals surface area contributed by atoms with Gasteiger partial charge in [-0.1, -0.05) is 15.9 Å².